The molecule has 3 heterocycles. The van der Waals surface area contributed by atoms with E-state index in [0.29, 0.717) is 36.8 Å². The molecule has 0 atom stereocenters. The summed E-state index contributed by atoms with van der Waals surface area (Å²) in [6, 6.07) is 7.80. The smallest absolute Gasteiger partial charge is 0.256 e. The highest BCUT2D eigenvalue weighted by atomic mass is 16.5. The maximum atomic E-state index is 12.5. The third-order valence-electron chi connectivity index (χ3n) is 4.79. The zero-order valence-electron chi connectivity index (χ0n) is 15.4. The summed E-state index contributed by atoms with van der Waals surface area (Å²) in [5.74, 6) is 2.40. The molecule has 0 fully saturated rings. The number of anilines is 1. The number of benzene rings is 1. The molecule has 7 heteroatoms. The van der Waals surface area contributed by atoms with Gasteiger partial charge in [-0.05, 0) is 18.1 Å². The maximum Gasteiger partial charge on any atom is 0.256 e. The van der Waals surface area contributed by atoms with Gasteiger partial charge < -0.3 is 14.6 Å². The Morgan fingerprint density at radius 1 is 1.33 bits per heavy atom. The minimum absolute atomic E-state index is 0.106. The van der Waals surface area contributed by atoms with Crippen molar-refractivity contribution >= 4 is 5.95 Å². The molecular formula is C20H23N5O2. The molecule has 140 valence electrons. The predicted octanol–water partition coefficient (Wildman–Crippen LogP) is 2.51. The van der Waals surface area contributed by atoms with Crippen molar-refractivity contribution in [2.75, 3.05) is 11.9 Å². The molecule has 1 aromatic carbocycles. The summed E-state index contributed by atoms with van der Waals surface area (Å²) < 4.78 is 7.98. The fraction of sp³-hybridized carbons (Fsp3) is 0.350. The van der Waals surface area contributed by atoms with Gasteiger partial charge in [0.1, 0.15) is 18.2 Å². The summed E-state index contributed by atoms with van der Waals surface area (Å²) >= 11 is 0. The number of ether oxygens (including phenoxy) is 1. The molecule has 27 heavy (non-hydrogen) atoms. The Bertz CT molecular complexity index is 992. The molecule has 7 nitrogen and oxygen atoms in total. The molecule has 0 bridgehead atoms. The highest BCUT2D eigenvalue weighted by molar-refractivity contribution is 5.41. The number of aromatic amines is 1. The van der Waals surface area contributed by atoms with E-state index in [2.05, 4.69) is 31.8 Å². The number of para-hydroxylation sites is 1. The van der Waals surface area contributed by atoms with Crippen molar-refractivity contribution in [1.29, 1.82) is 0 Å². The fourth-order valence-electron chi connectivity index (χ4n) is 3.37. The van der Waals surface area contributed by atoms with Crippen molar-refractivity contribution in [1.82, 2.24) is 19.5 Å². The average Bonchev–Trinajstić information content (AvgIpc) is 3.05. The molecule has 3 aromatic rings. The number of aromatic nitrogens is 4. The summed E-state index contributed by atoms with van der Waals surface area (Å²) in [6.45, 7) is 4.00. The molecule has 4 rings (SSSR count). The van der Waals surface area contributed by atoms with Gasteiger partial charge in [-0.1, -0.05) is 25.1 Å². The van der Waals surface area contributed by atoms with Gasteiger partial charge in [-0.15, -0.1) is 0 Å². The largest absolute Gasteiger partial charge is 0.487 e. The molecule has 0 unspecified atom stereocenters. The molecule has 1 aliphatic rings. The van der Waals surface area contributed by atoms with Crippen molar-refractivity contribution in [3.8, 4) is 5.75 Å². The number of aryl methyl sites for hydroxylation is 2. The second kappa shape index (κ2) is 7.65. The topological polar surface area (TPSA) is 84.8 Å². The molecule has 0 spiro atoms. The third kappa shape index (κ3) is 3.72. The highest BCUT2D eigenvalue weighted by Gasteiger charge is 2.18. The van der Waals surface area contributed by atoms with Gasteiger partial charge in [-0.2, -0.15) is 0 Å². The van der Waals surface area contributed by atoms with E-state index in [9.17, 15) is 4.79 Å². The summed E-state index contributed by atoms with van der Waals surface area (Å²) in [6.07, 6.45) is 6.19. The fourth-order valence-corrected chi connectivity index (χ4v) is 3.37. The van der Waals surface area contributed by atoms with Crippen LogP contribution in [0.2, 0.25) is 0 Å². The molecule has 0 saturated carbocycles. The van der Waals surface area contributed by atoms with Crippen LogP contribution in [0.3, 0.4) is 0 Å². The van der Waals surface area contributed by atoms with E-state index in [4.69, 9.17) is 4.74 Å². The lowest BCUT2D eigenvalue weighted by molar-refractivity contribution is 0.302. The van der Waals surface area contributed by atoms with Crippen LogP contribution in [0.15, 0.2) is 41.5 Å². The van der Waals surface area contributed by atoms with E-state index in [1.807, 2.05) is 36.7 Å². The Kier molecular flexibility index (Phi) is 4.91. The van der Waals surface area contributed by atoms with Crippen LogP contribution in [0.25, 0.3) is 0 Å². The molecule has 2 aromatic heterocycles. The lowest BCUT2D eigenvalue weighted by atomic mass is 10.1. The number of hydrogen-bond donors (Lipinski definition) is 2. The van der Waals surface area contributed by atoms with E-state index in [1.54, 1.807) is 0 Å². The van der Waals surface area contributed by atoms with Gasteiger partial charge in [-0.25, -0.2) is 9.97 Å². The number of fused-ring (bicyclic) bond motifs is 2. The van der Waals surface area contributed by atoms with Crippen LogP contribution in [0.4, 0.5) is 5.95 Å². The predicted molar refractivity (Wildman–Crippen MR) is 103 cm³/mol. The maximum absolute atomic E-state index is 12.5. The van der Waals surface area contributed by atoms with E-state index < -0.39 is 0 Å². The number of H-pyrrole nitrogens is 1. The summed E-state index contributed by atoms with van der Waals surface area (Å²) in [5, 5.41) is 3.22. The second-order valence-electron chi connectivity index (χ2n) is 6.58. The molecule has 2 N–H and O–H groups in total. The van der Waals surface area contributed by atoms with Crippen LogP contribution in [-0.2, 0) is 26.0 Å². The highest BCUT2D eigenvalue weighted by Crippen LogP contribution is 2.25. The van der Waals surface area contributed by atoms with Crippen LogP contribution >= 0.6 is 0 Å². The number of nitrogens with zero attached hydrogens (tertiary/aromatic N) is 3. The SMILES string of the molecule is CCc1nccn1CCCNc1nc2c(c(=O)[nH]1)Cc1ccccc1OC2. The Morgan fingerprint density at radius 3 is 3.11 bits per heavy atom. The van der Waals surface area contributed by atoms with Gasteiger partial charge in [0.15, 0.2) is 0 Å². The zero-order chi connectivity index (χ0) is 18.6. The van der Waals surface area contributed by atoms with Crippen LogP contribution in [0, 0.1) is 0 Å². The van der Waals surface area contributed by atoms with Crippen molar-refractivity contribution < 1.29 is 4.74 Å². The second-order valence-corrected chi connectivity index (χ2v) is 6.58. The standard InChI is InChI=1S/C20H23N5O2/c1-2-18-21-9-11-25(18)10-5-8-22-20-23-16-13-27-17-7-4-3-6-14(17)12-15(16)19(26)24-20/h3-4,6-7,9,11H,2,5,8,10,12-13H2,1H3,(H2,22,23,24,26). The van der Waals surface area contributed by atoms with Gasteiger partial charge in [0.25, 0.3) is 5.56 Å². The van der Waals surface area contributed by atoms with Crippen LogP contribution in [0.5, 0.6) is 5.75 Å². The molecule has 0 radical (unpaired) electrons. The molecule has 0 amide bonds. The van der Waals surface area contributed by atoms with E-state index in [-0.39, 0.29) is 5.56 Å². The number of imidazole rings is 1. The number of nitrogens with one attached hydrogen (secondary N) is 2. The first kappa shape index (κ1) is 17.3. The summed E-state index contributed by atoms with van der Waals surface area (Å²) in [5.41, 5.74) is 2.28. The van der Waals surface area contributed by atoms with Crippen LogP contribution in [-0.4, -0.2) is 26.1 Å². The lowest BCUT2D eigenvalue weighted by Gasteiger charge is -2.10. The van der Waals surface area contributed by atoms with Crippen molar-refractivity contribution in [2.45, 2.75) is 39.3 Å². The molecule has 0 aliphatic carbocycles. The first-order chi connectivity index (χ1) is 13.2. The Balaban J connectivity index is 1.42. The Hall–Kier alpha value is -3.09. The average molecular weight is 365 g/mol. The van der Waals surface area contributed by atoms with Gasteiger partial charge in [-0.3, -0.25) is 9.78 Å². The van der Waals surface area contributed by atoms with E-state index in [0.717, 1.165) is 36.5 Å². The van der Waals surface area contributed by atoms with Crippen LogP contribution in [0.1, 0.15) is 36.0 Å². The van der Waals surface area contributed by atoms with E-state index in [1.165, 1.54) is 0 Å². The summed E-state index contributed by atoms with van der Waals surface area (Å²) in [7, 11) is 0. The van der Waals surface area contributed by atoms with Crippen molar-refractivity contribution in [3.05, 3.63) is 69.7 Å². The minimum atomic E-state index is -0.106. The molecule has 0 saturated heterocycles. The molecular weight excluding hydrogens is 342 g/mol. The minimum Gasteiger partial charge on any atom is -0.487 e. The number of rotatable bonds is 6. The van der Waals surface area contributed by atoms with Crippen molar-refractivity contribution in [2.24, 2.45) is 0 Å². The molecule has 1 aliphatic heterocycles. The van der Waals surface area contributed by atoms with Gasteiger partial charge in [0, 0.05) is 43.9 Å². The first-order valence-corrected chi connectivity index (χ1v) is 9.31. The third-order valence-corrected chi connectivity index (χ3v) is 4.79. The quantitative estimate of drug-likeness (QED) is 0.656. The monoisotopic (exact) mass is 365 g/mol. The van der Waals surface area contributed by atoms with Crippen LogP contribution < -0.4 is 15.6 Å². The number of hydrogen-bond acceptors (Lipinski definition) is 5. The normalized spacial score (nSPS) is 12.6. The van der Waals surface area contributed by atoms with Gasteiger partial charge in [0.2, 0.25) is 5.95 Å². The first-order valence-electron chi connectivity index (χ1n) is 9.31. The Morgan fingerprint density at radius 2 is 2.22 bits per heavy atom. The van der Waals surface area contributed by atoms with Gasteiger partial charge >= 0.3 is 0 Å². The lowest BCUT2D eigenvalue weighted by Crippen LogP contribution is -2.21. The zero-order valence-corrected chi connectivity index (χ0v) is 15.4. The van der Waals surface area contributed by atoms with E-state index >= 15 is 0 Å². The Labute approximate surface area is 157 Å². The van der Waals surface area contributed by atoms with Gasteiger partial charge in [0.05, 0.1) is 5.69 Å². The summed E-state index contributed by atoms with van der Waals surface area (Å²) in [4.78, 5) is 24.3. The van der Waals surface area contributed by atoms with Crippen molar-refractivity contribution in [3.63, 3.8) is 0 Å².